The van der Waals surface area contributed by atoms with Crippen LogP contribution in [0, 0.1) is 0 Å². The first-order valence-corrected chi connectivity index (χ1v) is 12.3. The van der Waals surface area contributed by atoms with Crippen molar-refractivity contribution in [3.63, 3.8) is 0 Å². The monoisotopic (exact) mass is 394 g/mol. The summed E-state index contributed by atoms with van der Waals surface area (Å²) in [6.07, 6.45) is 2.31. The largest absolute Gasteiger partial charge is 0.354 e. The molecule has 0 heterocycles. The van der Waals surface area contributed by atoms with Crippen LogP contribution in [0.4, 0.5) is 0 Å². The van der Waals surface area contributed by atoms with Crippen LogP contribution in [0.3, 0.4) is 0 Å². The summed E-state index contributed by atoms with van der Waals surface area (Å²) in [7, 11) is -0.432. The summed E-state index contributed by atoms with van der Waals surface area (Å²) in [5.41, 5.74) is 1.28. The first-order valence-electron chi connectivity index (χ1n) is 10.7. The minimum absolute atomic E-state index is 0.432. The van der Waals surface area contributed by atoms with E-state index < -0.39 is 8.15 Å². The summed E-state index contributed by atoms with van der Waals surface area (Å²) >= 11 is 0. The van der Waals surface area contributed by atoms with Crippen molar-refractivity contribution in [2.75, 3.05) is 25.4 Å². The fourth-order valence-corrected chi connectivity index (χ4v) is 5.38. The third-order valence-corrected chi connectivity index (χ3v) is 7.02. The van der Waals surface area contributed by atoms with Gasteiger partial charge in [-0.05, 0) is 61.0 Å². The predicted octanol–water partition coefficient (Wildman–Crippen LogP) is 5.84. The summed E-state index contributed by atoms with van der Waals surface area (Å²) < 4.78 is 6.46. The van der Waals surface area contributed by atoms with Crippen molar-refractivity contribution < 1.29 is 4.52 Å². The van der Waals surface area contributed by atoms with Crippen LogP contribution in [0.15, 0.2) is 30.3 Å². The molecule has 0 fully saturated rings. The molecule has 156 valence electrons. The zero-order valence-corrected chi connectivity index (χ0v) is 19.9. The van der Waals surface area contributed by atoms with E-state index in [1.54, 1.807) is 0 Å². The molecule has 0 amide bonds. The molecule has 1 aromatic carbocycles. The normalized spacial score (nSPS) is 12.7. The van der Waals surface area contributed by atoms with Gasteiger partial charge in [0.15, 0.2) is 0 Å². The Hall–Kier alpha value is -0.470. The lowest BCUT2D eigenvalue weighted by Gasteiger charge is -2.34. The third-order valence-electron chi connectivity index (χ3n) is 5.12. The van der Waals surface area contributed by atoms with Crippen molar-refractivity contribution in [1.82, 2.24) is 9.80 Å². The molecule has 0 N–H and O–H groups in total. The lowest BCUT2D eigenvalue weighted by Crippen LogP contribution is -2.40. The highest BCUT2D eigenvalue weighted by molar-refractivity contribution is 7.52. The van der Waals surface area contributed by atoms with Gasteiger partial charge in [0, 0.05) is 57.7 Å². The summed E-state index contributed by atoms with van der Waals surface area (Å²) in [6.45, 7) is 21.4. The molecular formula is C23H43N2OP. The average Bonchev–Trinajstić information content (AvgIpc) is 2.58. The van der Waals surface area contributed by atoms with Crippen LogP contribution in [0.5, 0.6) is 0 Å². The van der Waals surface area contributed by atoms with E-state index in [9.17, 15) is 0 Å². The van der Waals surface area contributed by atoms with E-state index >= 15 is 0 Å². The molecule has 1 rings (SSSR count). The maximum atomic E-state index is 6.46. The van der Waals surface area contributed by atoms with Gasteiger partial charge in [-0.2, -0.15) is 0 Å². The molecule has 0 aliphatic heterocycles. The summed E-state index contributed by atoms with van der Waals surface area (Å²) in [6, 6.07) is 12.9. The molecule has 0 aliphatic rings. The van der Waals surface area contributed by atoms with Crippen LogP contribution in [-0.4, -0.2) is 59.4 Å². The molecule has 0 atom stereocenters. The van der Waals surface area contributed by atoms with Gasteiger partial charge in [0.1, 0.15) is 0 Å². The van der Waals surface area contributed by atoms with E-state index in [-0.39, 0.29) is 0 Å². The molecule has 4 heteroatoms. The number of hydrogen-bond donors (Lipinski definition) is 0. The van der Waals surface area contributed by atoms with E-state index in [4.69, 9.17) is 4.52 Å². The van der Waals surface area contributed by atoms with Crippen molar-refractivity contribution in [3.05, 3.63) is 35.9 Å². The van der Waals surface area contributed by atoms with Crippen LogP contribution < -0.4 is 0 Å². The minimum Gasteiger partial charge on any atom is -0.354 e. The molecule has 0 radical (unpaired) electrons. The average molecular weight is 395 g/mol. The summed E-state index contributed by atoms with van der Waals surface area (Å²) in [4.78, 5) is 5.17. The highest BCUT2D eigenvalue weighted by Gasteiger charge is 2.20. The maximum absolute atomic E-state index is 6.46. The van der Waals surface area contributed by atoms with Gasteiger partial charge in [-0.1, -0.05) is 30.3 Å². The number of nitrogens with zero attached hydrogens (tertiary/aromatic N) is 2. The number of benzene rings is 1. The van der Waals surface area contributed by atoms with Crippen molar-refractivity contribution in [1.29, 1.82) is 0 Å². The van der Waals surface area contributed by atoms with Crippen molar-refractivity contribution in [3.8, 4) is 0 Å². The molecular weight excluding hydrogens is 351 g/mol. The molecule has 27 heavy (non-hydrogen) atoms. The Morgan fingerprint density at radius 3 is 1.48 bits per heavy atom. The van der Waals surface area contributed by atoms with Crippen LogP contribution in [0.25, 0.3) is 0 Å². The smallest absolute Gasteiger partial charge is 0.0759 e. The summed E-state index contributed by atoms with van der Waals surface area (Å²) in [5.74, 6) is 0. The second kappa shape index (κ2) is 12.9. The van der Waals surface area contributed by atoms with Gasteiger partial charge in [0.05, 0.1) is 6.61 Å². The van der Waals surface area contributed by atoms with E-state index in [0.717, 1.165) is 32.0 Å². The number of rotatable bonds is 13. The Labute approximate surface area is 170 Å². The molecule has 0 spiro atoms. The molecule has 1 aromatic rings. The van der Waals surface area contributed by atoms with Crippen LogP contribution >= 0.6 is 8.15 Å². The Balaban J connectivity index is 2.69. The van der Waals surface area contributed by atoms with E-state index in [2.05, 4.69) is 95.5 Å². The van der Waals surface area contributed by atoms with Gasteiger partial charge in [-0.25, -0.2) is 0 Å². The zero-order valence-electron chi connectivity index (χ0n) is 19.0. The van der Waals surface area contributed by atoms with Gasteiger partial charge >= 0.3 is 0 Å². The summed E-state index contributed by atoms with van der Waals surface area (Å²) in [5, 5.41) is 0. The molecule has 0 bridgehead atoms. The molecule has 0 aliphatic carbocycles. The molecule has 0 unspecified atom stereocenters. The molecule has 3 nitrogen and oxygen atoms in total. The topological polar surface area (TPSA) is 15.7 Å². The van der Waals surface area contributed by atoms with Crippen LogP contribution in [-0.2, 0) is 11.1 Å². The van der Waals surface area contributed by atoms with Gasteiger partial charge < -0.3 is 4.52 Å². The number of hydrogen-bond acceptors (Lipinski definition) is 3. The van der Waals surface area contributed by atoms with Gasteiger partial charge in [-0.15, -0.1) is 0 Å². The van der Waals surface area contributed by atoms with Gasteiger partial charge in [0.25, 0.3) is 0 Å². The Morgan fingerprint density at radius 1 is 0.704 bits per heavy atom. The van der Waals surface area contributed by atoms with Crippen LogP contribution in [0.2, 0.25) is 0 Å². The standard InChI is InChI=1S/C23H43N2OP/c1-19(2)24(20(3)4)14-16-27(17-15-25(21(5)6)22(7)8)26-18-23-12-10-9-11-13-23/h9-13,19-22H,14-18H2,1-8H3. The quantitative estimate of drug-likeness (QED) is 0.391. The third kappa shape index (κ3) is 9.52. The van der Waals surface area contributed by atoms with Gasteiger partial charge in [-0.3, -0.25) is 9.80 Å². The fourth-order valence-electron chi connectivity index (χ4n) is 3.66. The van der Waals surface area contributed by atoms with Gasteiger partial charge in [0.2, 0.25) is 0 Å². The van der Waals surface area contributed by atoms with E-state index in [0.29, 0.717) is 24.2 Å². The molecule has 0 saturated heterocycles. The fraction of sp³-hybridized carbons (Fsp3) is 0.739. The zero-order chi connectivity index (χ0) is 20.4. The minimum atomic E-state index is -0.432. The Bertz CT molecular complexity index is 450. The highest BCUT2D eigenvalue weighted by atomic mass is 31.1. The first kappa shape index (κ1) is 24.6. The van der Waals surface area contributed by atoms with Crippen molar-refractivity contribution >= 4 is 8.15 Å². The van der Waals surface area contributed by atoms with Crippen LogP contribution in [0.1, 0.15) is 61.0 Å². The molecule has 0 aromatic heterocycles. The lowest BCUT2D eigenvalue weighted by atomic mass is 10.2. The second-order valence-corrected chi connectivity index (χ2v) is 10.7. The lowest BCUT2D eigenvalue weighted by molar-refractivity contribution is 0.181. The molecule has 0 saturated carbocycles. The Morgan fingerprint density at radius 2 is 1.11 bits per heavy atom. The predicted molar refractivity (Wildman–Crippen MR) is 122 cm³/mol. The van der Waals surface area contributed by atoms with Crippen molar-refractivity contribution in [2.45, 2.75) is 86.2 Å². The van der Waals surface area contributed by atoms with Crippen molar-refractivity contribution in [2.24, 2.45) is 0 Å². The highest BCUT2D eigenvalue weighted by Crippen LogP contribution is 2.38. The first-order chi connectivity index (χ1) is 12.7. The maximum Gasteiger partial charge on any atom is 0.0759 e. The Kier molecular flexibility index (Phi) is 11.7. The SMILES string of the molecule is CC(C)N(CCP(CCN(C(C)C)C(C)C)OCc1ccccc1)C(C)C. The van der Waals surface area contributed by atoms with E-state index in [1.165, 1.54) is 5.56 Å². The van der Waals surface area contributed by atoms with E-state index in [1.807, 2.05) is 0 Å². The second-order valence-electron chi connectivity index (χ2n) is 8.54.